The maximum atomic E-state index is 9.65. The first kappa shape index (κ1) is 13.0. The van der Waals surface area contributed by atoms with Crippen molar-refractivity contribution < 1.29 is 5.11 Å². The molecule has 1 fully saturated rings. The van der Waals surface area contributed by atoms with Gasteiger partial charge in [0.15, 0.2) is 0 Å². The Hall–Kier alpha value is -0.0800. The van der Waals surface area contributed by atoms with E-state index in [9.17, 15) is 5.11 Å². The topological polar surface area (TPSA) is 23.5 Å². The van der Waals surface area contributed by atoms with Crippen LogP contribution in [0.4, 0.5) is 0 Å². The van der Waals surface area contributed by atoms with E-state index in [2.05, 4.69) is 25.8 Å². The number of nitrogens with zero attached hydrogens (tertiary/aromatic N) is 1. The highest BCUT2D eigenvalue weighted by molar-refractivity contribution is 4.87. The Labute approximate surface area is 94.7 Å². The fourth-order valence-corrected chi connectivity index (χ4v) is 3.14. The summed E-state index contributed by atoms with van der Waals surface area (Å²) in [5.74, 6) is 0.793. The number of aliphatic hydroxyl groups excluding tert-OH is 1. The molecule has 1 aliphatic rings. The Morgan fingerprint density at radius 3 is 2.73 bits per heavy atom. The molecular weight excluding hydrogens is 186 g/mol. The Kier molecular flexibility index (Phi) is 5.07. The SMILES string of the molecule is CCCN(C)CC1(CO)CCCC(C)C1. The molecule has 1 saturated carbocycles. The Morgan fingerprint density at radius 1 is 1.47 bits per heavy atom. The Bertz CT molecular complexity index is 183. The van der Waals surface area contributed by atoms with Gasteiger partial charge >= 0.3 is 0 Å². The fourth-order valence-electron chi connectivity index (χ4n) is 3.14. The number of hydrogen-bond acceptors (Lipinski definition) is 2. The van der Waals surface area contributed by atoms with Gasteiger partial charge in [-0.05, 0) is 38.8 Å². The minimum atomic E-state index is 0.196. The van der Waals surface area contributed by atoms with Crippen molar-refractivity contribution in [2.45, 2.75) is 46.0 Å². The molecule has 90 valence electrons. The summed E-state index contributed by atoms with van der Waals surface area (Å²) >= 11 is 0. The maximum absolute atomic E-state index is 9.65. The molecule has 2 heteroatoms. The van der Waals surface area contributed by atoms with Crippen molar-refractivity contribution in [3.63, 3.8) is 0 Å². The number of rotatable bonds is 5. The lowest BCUT2D eigenvalue weighted by molar-refractivity contribution is 0.0310. The fraction of sp³-hybridized carbons (Fsp3) is 1.00. The van der Waals surface area contributed by atoms with Crippen molar-refractivity contribution in [2.24, 2.45) is 11.3 Å². The van der Waals surface area contributed by atoms with E-state index in [0.29, 0.717) is 6.61 Å². The van der Waals surface area contributed by atoms with Crippen LogP contribution < -0.4 is 0 Å². The second-order valence-electron chi connectivity index (χ2n) is 5.60. The van der Waals surface area contributed by atoms with Gasteiger partial charge in [-0.1, -0.05) is 26.7 Å². The lowest BCUT2D eigenvalue weighted by atomic mass is 9.70. The first-order valence-electron chi connectivity index (χ1n) is 6.41. The van der Waals surface area contributed by atoms with E-state index in [4.69, 9.17) is 0 Å². The van der Waals surface area contributed by atoms with Gasteiger partial charge in [0.2, 0.25) is 0 Å². The molecule has 2 atom stereocenters. The molecule has 0 heterocycles. The van der Waals surface area contributed by atoms with Crippen molar-refractivity contribution in [1.82, 2.24) is 4.90 Å². The quantitative estimate of drug-likeness (QED) is 0.758. The normalized spacial score (nSPS) is 32.2. The molecule has 0 aromatic heterocycles. The van der Waals surface area contributed by atoms with E-state index in [1.807, 2.05) is 0 Å². The highest BCUT2D eigenvalue weighted by Crippen LogP contribution is 2.39. The largest absolute Gasteiger partial charge is 0.396 e. The second kappa shape index (κ2) is 5.86. The summed E-state index contributed by atoms with van der Waals surface area (Å²) in [6.45, 7) is 7.12. The predicted molar refractivity (Wildman–Crippen MR) is 64.9 cm³/mol. The van der Waals surface area contributed by atoms with E-state index in [0.717, 1.165) is 19.0 Å². The molecule has 1 N–H and O–H groups in total. The minimum Gasteiger partial charge on any atom is -0.396 e. The summed E-state index contributed by atoms with van der Waals surface area (Å²) in [6, 6.07) is 0. The van der Waals surface area contributed by atoms with E-state index >= 15 is 0 Å². The smallest absolute Gasteiger partial charge is 0.0499 e. The molecule has 0 aliphatic heterocycles. The van der Waals surface area contributed by atoms with Crippen LogP contribution in [0.2, 0.25) is 0 Å². The minimum absolute atomic E-state index is 0.196. The van der Waals surface area contributed by atoms with Crippen molar-refractivity contribution in [3.05, 3.63) is 0 Å². The van der Waals surface area contributed by atoms with Crippen LogP contribution in [0.25, 0.3) is 0 Å². The lowest BCUT2D eigenvalue weighted by Crippen LogP contribution is -2.41. The van der Waals surface area contributed by atoms with Crippen LogP contribution in [-0.2, 0) is 0 Å². The first-order valence-corrected chi connectivity index (χ1v) is 6.41. The van der Waals surface area contributed by atoms with Crippen LogP contribution in [-0.4, -0.2) is 36.8 Å². The number of hydrogen-bond donors (Lipinski definition) is 1. The molecule has 15 heavy (non-hydrogen) atoms. The Morgan fingerprint density at radius 2 is 2.20 bits per heavy atom. The average molecular weight is 213 g/mol. The summed E-state index contributed by atoms with van der Waals surface area (Å²) in [5, 5.41) is 9.65. The zero-order valence-corrected chi connectivity index (χ0v) is 10.6. The Balaban J connectivity index is 2.51. The standard InChI is InChI=1S/C13H27NO/c1-4-8-14(3)10-13(11-15)7-5-6-12(2)9-13/h12,15H,4-11H2,1-3H3. The van der Waals surface area contributed by atoms with Gasteiger partial charge in [0.1, 0.15) is 0 Å². The van der Waals surface area contributed by atoms with Gasteiger partial charge in [-0.3, -0.25) is 0 Å². The summed E-state index contributed by atoms with van der Waals surface area (Å²) in [4.78, 5) is 2.38. The van der Waals surface area contributed by atoms with Crippen molar-refractivity contribution in [3.8, 4) is 0 Å². The van der Waals surface area contributed by atoms with Crippen molar-refractivity contribution in [1.29, 1.82) is 0 Å². The van der Waals surface area contributed by atoms with Crippen LogP contribution in [0.1, 0.15) is 46.0 Å². The second-order valence-corrected chi connectivity index (χ2v) is 5.60. The predicted octanol–water partition coefficient (Wildman–Crippen LogP) is 2.52. The van der Waals surface area contributed by atoms with E-state index in [1.165, 1.54) is 32.1 Å². The van der Waals surface area contributed by atoms with E-state index < -0.39 is 0 Å². The highest BCUT2D eigenvalue weighted by Gasteiger charge is 2.35. The third-order valence-electron chi connectivity index (χ3n) is 3.73. The van der Waals surface area contributed by atoms with Gasteiger partial charge in [0.25, 0.3) is 0 Å². The van der Waals surface area contributed by atoms with Gasteiger partial charge in [-0.2, -0.15) is 0 Å². The highest BCUT2D eigenvalue weighted by atomic mass is 16.3. The molecule has 0 spiro atoms. The third kappa shape index (κ3) is 3.76. The van der Waals surface area contributed by atoms with Crippen LogP contribution in [0.3, 0.4) is 0 Å². The number of aliphatic hydroxyl groups is 1. The molecule has 0 saturated heterocycles. The summed E-state index contributed by atoms with van der Waals surface area (Å²) < 4.78 is 0. The molecule has 1 aliphatic carbocycles. The third-order valence-corrected chi connectivity index (χ3v) is 3.73. The zero-order chi connectivity index (χ0) is 11.3. The molecule has 0 aromatic rings. The summed E-state index contributed by atoms with van der Waals surface area (Å²) in [7, 11) is 2.18. The van der Waals surface area contributed by atoms with Gasteiger partial charge in [-0.25, -0.2) is 0 Å². The van der Waals surface area contributed by atoms with E-state index in [1.54, 1.807) is 0 Å². The van der Waals surface area contributed by atoms with Gasteiger partial charge in [0.05, 0.1) is 0 Å². The first-order chi connectivity index (χ1) is 7.12. The molecule has 2 nitrogen and oxygen atoms in total. The molecule has 0 amide bonds. The molecule has 1 rings (SSSR count). The van der Waals surface area contributed by atoms with Crippen LogP contribution in [0.15, 0.2) is 0 Å². The van der Waals surface area contributed by atoms with Gasteiger partial charge < -0.3 is 10.0 Å². The van der Waals surface area contributed by atoms with Gasteiger partial charge in [-0.15, -0.1) is 0 Å². The summed E-state index contributed by atoms with van der Waals surface area (Å²) in [6.07, 6.45) is 6.26. The van der Waals surface area contributed by atoms with Crippen molar-refractivity contribution in [2.75, 3.05) is 26.7 Å². The maximum Gasteiger partial charge on any atom is 0.0499 e. The zero-order valence-electron chi connectivity index (χ0n) is 10.6. The molecule has 0 aromatic carbocycles. The van der Waals surface area contributed by atoms with Crippen LogP contribution in [0.5, 0.6) is 0 Å². The van der Waals surface area contributed by atoms with E-state index in [-0.39, 0.29) is 5.41 Å². The molecular formula is C13H27NO. The van der Waals surface area contributed by atoms with Crippen molar-refractivity contribution >= 4 is 0 Å². The van der Waals surface area contributed by atoms with Crippen LogP contribution in [0, 0.1) is 11.3 Å². The summed E-state index contributed by atoms with van der Waals surface area (Å²) in [5.41, 5.74) is 0.196. The molecule has 0 radical (unpaired) electrons. The average Bonchev–Trinajstić information content (AvgIpc) is 2.18. The van der Waals surface area contributed by atoms with Gasteiger partial charge in [0, 0.05) is 18.6 Å². The van der Waals surface area contributed by atoms with Crippen LogP contribution >= 0.6 is 0 Å². The molecule has 0 bridgehead atoms. The lowest BCUT2D eigenvalue weighted by Gasteiger charge is -2.41. The molecule has 2 unspecified atom stereocenters. The monoisotopic (exact) mass is 213 g/mol.